The fourth-order valence-corrected chi connectivity index (χ4v) is 2.49. The summed E-state index contributed by atoms with van der Waals surface area (Å²) in [5, 5.41) is 3.49. The van der Waals surface area contributed by atoms with Gasteiger partial charge >= 0.3 is 6.18 Å². The first-order chi connectivity index (χ1) is 9.45. The number of hydrogen-bond donors (Lipinski definition) is 1. The number of likely N-dealkylation sites (tertiary alicyclic amines) is 1. The van der Waals surface area contributed by atoms with Crippen LogP contribution in [0, 0.1) is 0 Å². The molecule has 2 rings (SSSR count). The molecule has 1 aliphatic heterocycles. The lowest BCUT2D eigenvalue weighted by Gasteiger charge is -2.29. The molecule has 20 heavy (non-hydrogen) atoms. The lowest BCUT2D eigenvalue weighted by molar-refractivity contribution is -0.137. The molecule has 0 amide bonds. The molecule has 1 aromatic carbocycles. The smallest absolute Gasteiger partial charge is 0.314 e. The van der Waals surface area contributed by atoms with Gasteiger partial charge in [-0.25, -0.2) is 0 Å². The van der Waals surface area contributed by atoms with E-state index in [1.165, 1.54) is 0 Å². The van der Waals surface area contributed by atoms with E-state index in [4.69, 9.17) is 0 Å². The van der Waals surface area contributed by atoms with Gasteiger partial charge in [-0.15, -0.1) is 0 Å². The summed E-state index contributed by atoms with van der Waals surface area (Å²) in [5.74, 6) is 0. The third-order valence-corrected chi connectivity index (χ3v) is 3.85. The second-order valence-corrected chi connectivity index (χ2v) is 5.48. The molecule has 0 spiro atoms. The topological polar surface area (TPSA) is 15.3 Å². The third-order valence-electron chi connectivity index (χ3n) is 3.85. The Morgan fingerprint density at radius 1 is 1.15 bits per heavy atom. The molecule has 2 nitrogen and oxygen atoms in total. The zero-order valence-corrected chi connectivity index (χ0v) is 11.7. The van der Waals surface area contributed by atoms with Gasteiger partial charge in [0.15, 0.2) is 0 Å². The van der Waals surface area contributed by atoms with Crippen molar-refractivity contribution in [3.05, 3.63) is 35.4 Å². The van der Waals surface area contributed by atoms with Gasteiger partial charge in [-0.05, 0) is 63.6 Å². The first kappa shape index (κ1) is 15.3. The Labute approximate surface area is 118 Å². The molecule has 1 aromatic rings. The summed E-state index contributed by atoms with van der Waals surface area (Å²) in [6.07, 6.45) is -1.19. The van der Waals surface area contributed by atoms with Gasteiger partial charge in [0, 0.05) is 6.04 Å². The van der Waals surface area contributed by atoms with E-state index in [0.29, 0.717) is 6.04 Å². The van der Waals surface area contributed by atoms with Gasteiger partial charge in [-0.2, -0.15) is 13.2 Å². The van der Waals surface area contributed by atoms with E-state index in [1.54, 1.807) is 12.1 Å². The summed E-state index contributed by atoms with van der Waals surface area (Å²) in [7, 11) is 2.12. The van der Waals surface area contributed by atoms with Gasteiger partial charge in [0.1, 0.15) is 0 Å². The first-order valence-electron chi connectivity index (χ1n) is 7.03. The lowest BCUT2D eigenvalue weighted by Crippen LogP contribution is -2.41. The average Bonchev–Trinajstić information content (AvgIpc) is 2.41. The van der Waals surface area contributed by atoms with Gasteiger partial charge in [-0.1, -0.05) is 12.1 Å². The van der Waals surface area contributed by atoms with E-state index in [0.717, 1.165) is 56.6 Å². The Morgan fingerprint density at radius 2 is 1.75 bits per heavy atom. The molecule has 1 fully saturated rings. The quantitative estimate of drug-likeness (QED) is 0.915. The van der Waals surface area contributed by atoms with Crippen LogP contribution < -0.4 is 5.32 Å². The van der Waals surface area contributed by atoms with Crippen molar-refractivity contribution in [1.29, 1.82) is 0 Å². The first-order valence-corrected chi connectivity index (χ1v) is 7.03. The van der Waals surface area contributed by atoms with Crippen LogP contribution in [0.4, 0.5) is 13.2 Å². The van der Waals surface area contributed by atoms with Crippen molar-refractivity contribution in [1.82, 2.24) is 10.2 Å². The van der Waals surface area contributed by atoms with E-state index in [1.807, 2.05) is 0 Å². The maximum Gasteiger partial charge on any atom is 0.416 e. The number of piperidine rings is 1. The fourth-order valence-electron chi connectivity index (χ4n) is 2.49. The Bertz CT molecular complexity index is 406. The van der Waals surface area contributed by atoms with Gasteiger partial charge in [0.2, 0.25) is 0 Å². The van der Waals surface area contributed by atoms with E-state index in [9.17, 15) is 13.2 Å². The van der Waals surface area contributed by atoms with Gasteiger partial charge in [0.05, 0.1) is 5.56 Å². The Morgan fingerprint density at radius 3 is 2.30 bits per heavy atom. The Kier molecular flexibility index (Phi) is 5.05. The summed E-state index contributed by atoms with van der Waals surface area (Å²) in [6.45, 7) is 3.04. The second-order valence-electron chi connectivity index (χ2n) is 5.48. The molecule has 5 heteroatoms. The highest BCUT2D eigenvalue weighted by Gasteiger charge is 2.29. The number of alkyl halides is 3. The van der Waals surface area contributed by atoms with Crippen molar-refractivity contribution in [3.63, 3.8) is 0 Å². The summed E-state index contributed by atoms with van der Waals surface area (Å²) >= 11 is 0. The van der Waals surface area contributed by atoms with E-state index < -0.39 is 11.7 Å². The lowest BCUT2D eigenvalue weighted by atomic mass is 10.0. The summed E-state index contributed by atoms with van der Waals surface area (Å²) in [6, 6.07) is 5.99. The molecule has 1 N–H and O–H groups in total. The zero-order chi connectivity index (χ0) is 14.6. The fraction of sp³-hybridized carbons (Fsp3) is 0.600. The minimum atomic E-state index is -4.25. The maximum atomic E-state index is 12.4. The highest BCUT2D eigenvalue weighted by Crippen LogP contribution is 2.29. The second kappa shape index (κ2) is 6.59. The summed E-state index contributed by atoms with van der Waals surface area (Å²) in [5.41, 5.74) is 0.364. The molecule has 0 atom stereocenters. The molecule has 0 saturated carbocycles. The largest absolute Gasteiger partial charge is 0.416 e. The number of benzene rings is 1. The van der Waals surface area contributed by atoms with Crippen LogP contribution in [-0.2, 0) is 12.6 Å². The molecule has 1 saturated heterocycles. The summed E-state index contributed by atoms with van der Waals surface area (Å²) < 4.78 is 37.3. The SMILES string of the molecule is CN1CCC(NCCc2ccc(C(F)(F)F)cc2)CC1. The number of nitrogens with zero attached hydrogens (tertiary/aromatic N) is 1. The van der Waals surface area contributed by atoms with Crippen LogP contribution in [0.15, 0.2) is 24.3 Å². The number of nitrogens with one attached hydrogen (secondary N) is 1. The predicted molar refractivity (Wildman–Crippen MR) is 73.7 cm³/mol. The molecule has 112 valence electrons. The van der Waals surface area contributed by atoms with Gasteiger partial charge in [0.25, 0.3) is 0 Å². The van der Waals surface area contributed by atoms with E-state index >= 15 is 0 Å². The molecular weight excluding hydrogens is 265 g/mol. The van der Waals surface area contributed by atoms with Crippen molar-refractivity contribution in [2.45, 2.75) is 31.5 Å². The van der Waals surface area contributed by atoms with Crippen LogP contribution in [0.3, 0.4) is 0 Å². The van der Waals surface area contributed by atoms with Crippen LogP contribution in [-0.4, -0.2) is 37.6 Å². The Balaban J connectivity index is 1.74. The minimum Gasteiger partial charge on any atom is -0.314 e. The highest BCUT2D eigenvalue weighted by atomic mass is 19.4. The van der Waals surface area contributed by atoms with E-state index in [2.05, 4.69) is 17.3 Å². The highest BCUT2D eigenvalue weighted by molar-refractivity contribution is 5.24. The van der Waals surface area contributed by atoms with Crippen LogP contribution in [0.5, 0.6) is 0 Å². The van der Waals surface area contributed by atoms with Crippen LogP contribution in [0.25, 0.3) is 0 Å². The van der Waals surface area contributed by atoms with E-state index in [-0.39, 0.29) is 0 Å². The van der Waals surface area contributed by atoms with Gasteiger partial charge < -0.3 is 10.2 Å². The number of hydrogen-bond acceptors (Lipinski definition) is 2. The Hall–Kier alpha value is -1.07. The van der Waals surface area contributed by atoms with Crippen molar-refractivity contribution in [2.75, 3.05) is 26.7 Å². The monoisotopic (exact) mass is 286 g/mol. The molecular formula is C15H21F3N2. The third kappa shape index (κ3) is 4.49. The number of halogens is 3. The van der Waals surface area contributed by atoms with Gasteiger partial charge in [-0.3, -0.25) is 0 Å². The standard InChI is InChI=1S/C15H21F3N2/c1-20-10-7-14(8-11-20)19-9-6-12-2-4-13(5-3-12)15(16,17)18/h2-5,14,19H,6-11H2,1H3. The van der Waals surface area contributed by atoms with Crippen LogP contribution >= 0.6 is 0 Å². The molecule has 0 radical (unpaired) electrons. The normalized spacial score (nSPS) is 18.4. The minimum absolute atomic E-state index is 0.542. The van der Waals surface area contributed by atoms with Crippen molar-refractivity contribution < 1.29 is 13.2 Å². The van der Waals surface area contributed by atoms with Crippen LogP contribution in [0.2, 0.25) is 0 Å². The van der Waals surface area contributed by atoms with Crippen molar-refractivity contribution in [3.8, 4) is 0 Å². The molecule has 1 aliphatic rings. The maximum absolute atomic E-state index is 12.4. The zero-order valence-electron chi connectivity index (χ0n) is 11.7. The molecule has 0 aromatic heterocycles. The molecule has 1 heterocycles. The van der Waals surface area contributed by atoms with Crippen molar-refractivity contribution in [2.24, 2.45) is 0 Å². The number of rotatable bonds is 4. The predicted octanol–water partition coefficient (Wildman–Crippen LogP) is 2.93. The van der Waals surface area contributed by atoms with Crippen LogP contribution in [0.1, 0.15) is 24.0 Å². The molecule has 0 bridgehead atoms. The molecule has 0 aliphatic carbocycles. The van der Waals surface area contributed by atoms with Crippen molar-refractivity contribution >= 4 is 0 Å². The average molecular weight is 286 g/mol. The summed E-state index contributed by atoms with van der Waals surface area (Å²) in [4.78, 5) is 2.31. The molecule has 0 unspecified atom stereocenters.